The quantitative estimate of drug-likeness (QED) is 0.928. The van der Waals surface area contributed by atoms with E-state index in [1.165, 1.54) is 0 Å². The Balaban J connectivity index is 2.15. The summed E-state index contributed by atoms with van der Waals surface area (Å²) in [4.78, 5) is 13.0. The molecule has 0 amide bonds. The number of anilines is 1. The molecular weight excluding hydrogens is 276 g/mol. The van der Waals surface area contributed by atoms with E-state index in [1.54, 1.807) is 18.2 Å². The van der Waals surface area contributed by atoms with Gasteiger partial charge in [0.15, 0.2) is 0 Å². The Bertz CT molecular complexity index is 473. The first kappa shape index (κ1) is 14.1. The summed E-state index contributed by atoms with van der Waals surface area (Å²) in [7, 11) is 0. The van der Waals surface area contributed by atoms with Gasteiger partial charge >= 0.3 is 5.97 Å². The van der Waals surface area contributed by atoms with Crippen LogP contribution in [0.25, 0.3) is 0 Å². The van der Waals surface area contributed by atoms with Crippen molar-refractivity contribution in [3.63, 3.8) is 0 Å². The largest absolute Gasteiger partial charge is 0.481 e. The van der Waals surface area contributed by atoms with Crippen molar-refractivity contribution in [3.8, 4) is 0 Å². The highest BCUT2D eigenvalue weighted by Crippen LogP contribution is 2.40. The number of piperidine rings is 1. The summed E-state index contributed by atoms with van der Waals surface area (Å²) in [5.74, 6) is -1.42. The van der Waals surface area contributed by atoms with Gasteiger partial charge in [-0.3, -0.25) is 4.79 Å². The Morgan fingerprint density at radius 3 is 2.37 bits per heavy atom. The van der Waals surface area contributed by atoms with Gasteiger partial charge in [-0.15, -0.1) is 0 Å². The first-order chi connectivity index (χ1) is 8.97. The molecule has 1 fully saturated rings. The Hall–Kier alpha value is -1.36. The van der Waals surface area contributed by atoms with Gasteiger partial charge in [0.1, 0.15) is 5.41 Å². The van der Waals surface area contributed by atoms with Gasteiger partial charge in [-0.2, -0.15) is 0 Å². The number of halogens is 3. The summed E-state index contributed by atoms with van der Waals surface area (Å²) in [5.41, 5.74) is -1.16. The molecule has 1 aliphatic rings. The predicted molar refractivity (Wildman–Crippen MR) is 69.0 cm³/mol. The lowest BCUT2D eigenvalue weighted by Crippen LogP contribution is -2.48. The van der Waals surface area contributed by atoms with Crippen LogP contribution in [0.2, 0.25) is 5.02 Å². The molecule has 1 N–H and O–H groups in total. The minimum Gasteiger partial charge on any atom is -0.481 e. The molecule has 1 aromatic carbocycles. The summed E-state index contributed by atoms with van der Waals surface area (Å²) in [6.07, 6.45) is -3.01. The van der Waals surface area contributed by atoms with E-state index in [9.17, 15) is 13.6 Å². The second-order valence-corrected chi connectivity index (χ2v) is 5.11. The van der Waals surface area contributed by atoms with Crippen molar-refractivity contribution >= 4 is 23.3 Å². The van der Waals surface area contributed by atoms with E-state index in [0.717, 1.165) is 5.69 Å². The van der Waals surface area contributed by atoms with Gasteiger partial charge in [0.05, 0.1) is 10.7 Å². The second kappa shape index (κ2) is 5.33. The van der Waals surface area contributed by atoms with Crippen LogP contribution in [0, 0.1) is 5.41 Å². The fraction of sp³-hybridized carbons (Fsp3) is 0.462. The molecule has 0 unspecified atom stereocenters. The maximum absolute atomic E-state index is 13.0. The normalized spacial score (nSPS) is 18.6. The first-order valence-corrected chi connectivity index (χ1v) is 6.36. The molecular formula is C13H14ClF2NO2. The molecule has 2 rings (SSSR count). The highest BCUT2D eigenvalue weighted by Gasteiger charge is 2.49. The van der Waals surface area contributed by atoms with Crippen LogP contribution in [-0.2, 0) is 4.79 Å². The average molecular weight is 290 g/mol. The number of benzene rings is 1. The number of carbonyl (C=O) groups is 1. The second-order valence-electron chi connectivity index (χ2n) is 4.70. The summed E-state index contributed by atoms with van der Waals surface area (Å²) in [5, 5.41) is 9.59. The van der Waals surface area contributed by atoms with E-state index >= 15 is 0 Å². The summed E-state index contributed by atoms with van der Waals surface area (Å²) in [6, 6.07) is 7.13. The molecule has 104 valence electrons. The Labute approximate surface area is 114 Å². The molecule has 0 radical (unpaired) electrons. The summed E-state index contributed by atoms with van der Waals surface area (Å²) < 4.78 is 26.0. The zero-order chi connectivity index (χ0) is 14.0. The highest BCUT2D eigenvalue weighted by molar-refractivity contribution is 6.33. The van der Waals surface area contributed by atoms with Crippen molar-refractivity contribution in [1.82, 2.24) is 0 Å². The van der Waals surface area contributed by atoms with Crippen LogP contribution in [0.5, 0.6) is 0 Å². The summed E-state index contributed by atoms with van der Waals surface area (Å²) in [6.45, 7) is 0.529. The van der Waals surface area contributed by atoms with Crippen LogP contribution < -0.4 is 4.90 Å². The molecule has 1 aromatic rings. The molecule has 3 nitrogen and oxygen atoms in total. The van der Waals surface area contributed by atoms with Crippen LogP contribution in [0.4, 0.5) is 14.5 Å². The summed E-state index contributed by atoms with van der Waals surface area (Å²) >= 11 is 6.05. The van der Waals surface area contributed by atoms with Crippen molar-refractivity contribution < 1.29 is 18.7 Å². The van der Waals surface area contributed by atoms with Gasteiger partial charge in [-0.05, 0) is 25.0 Å². The van der Waals surface area contributed by atoms with Crippen LogP contribution >= 0.6 is 11.6 Å². The van der Waals surface area contributed by atoms with Gasteiger partial charge < -0.3 is 10.0 Å². The highest BCUT2D eigenvalue weighted by atomic mass is 35.5. The van der Waals surface area contributed by atoms with E-state index < -0.39 is 17.8 Å². The van der Waals surface area contributed by atoms with E-state index in [4.69, 9.17) is 16.7 Å². The van der Waals surface area contributed by atoms with E-state index in [2.05, 4.69) is 0 Å². The third-order valence-electron chi connectivity index (χ3n) is 3.69. The molecule has 0 aliphatic carbocycles. The monoisotopic (exact) mass is 289 g/mol. The fourth-order valence-electron chi connectivity index (χ4n) is 2.38. The van der Waals surface area contributed by atoms with Gasteiger partial charge in [0, 0.05) is 13.1 Å². The Morgan fingerprint density at radius 1 is 1.32 bits per heavy atom. The molecule has 6 heteroatoms. The van der Waals surface area contributed by atoms with Crippen molar-refractivity contribution in [2.75, 3.05) is 18.0 Å². The molecule has 0 aromatic heterocycles. The SMILES string of the molecule is O=C(O)C1(C(F)F)CCN(c2ccccc2Cl)CC1. The number of aliphatic carboxylic acids is 1. The van der Waals surface area contributed by atoms with Crippen molar-refractivity contribution in [3.05, 3.63) is 29.3 Å². The van der Waals surface area contributed by atoms with E-state index in [0.29, 0.717) is 5.02 Å². The number of carboxylic acids is 1. The lowest BCUT2D eigenvalue weighted by molar-refractivity contribution is -0.161. The minimum atomic E-state index is -2.85. The van der Waals surface area contributed by atoms with Gasteiger partial charge in [-0.25, -0.2) is 8.78 Å². The lowest BCUT2D eigenvalue weighted by atomic mass is 9.78. The van der Waals surface area contributed by atoms with E-state index in [1.807, 2.05) is 11.0 Å². The molecule has 19 heavy (non-hydrogen) atoms. The molecule has 1 saturated heterocycles. The lowest BCUT2D eigenvalue weighted by Gasteiger charge is -2.39. The maximum Gasteiger partial charge on any atom is 0.315 e. The zero-order valence-corrected chi connectivity index (χ0v) is 10.9. The molecule has 0 bridgehead atoms. The van der Waals surface area contributed by atoms with Gasteiger partial charge in [0.25, 0.3) is 6.43 Å². The first-order valence-electron chi connectivity index (χ1n) is 5.98. The molecule has 1 aliphatic heterocycles. The Morgan fingerprint density at radius 2 is 1.89 bits per heavy atom. The van der Waals surface area contributed by atoms with Crippen molar-refractivity contribution in [1.29, 1.82) is 0 Å². The van der Waals surface area contributed by atoms with E-state index in [-0.39, 0.29) is 25.9 Å². The number of nitrogens with zero attached hydrogens (tertiary/aromatic N) is 1. The third kappa shape index (κ3) is 2.52. The van der Waals surface area contributed by atoms with Crippen LogP contribution in [0.1, 0.15) is 12.8 Å². The number of alkyl halides is 2. The number of rotatable bonds is 3. The van der Waals surface area contributed by atoms with Gasteiger partial charge in [-0.1, -0.05) is 23.7 Å². The van der Waals surface area contributed by atoms with Crippen LogP contribution in [0.15, 0.2) is 24.3 Å². The number of carboxylic acid groups (broad SMARTS) is 1. The molecule has 0 saturated carbocycles. The number of hydrogen-bond donors (Lipinski definition) is 1. The maximum atomic E-state index is 13.0. The van der Waals surface area contributed by atoms with Crippen molar-refractivity contribution in [2.24, 2.45) is 5.41 Å². The minimum absolute atomic E-state index is 0.0782. The van der Waals surface area contributed by atoms with Crippen LogP contribution in [0.3, 0.4) is 0 Å². The average Bonchev–Trinajstić information content (AvgIpc) is 2.39. The predicted octanol–water partition coefficient (Wildman–Crippen LogP) is 3.28. The smallest absolute Gasteiger partial charge is 0.315 e. The molecule has 0 spiro atoms. The topological polar surface area (TPSA) is 40.5 Å². The van der Waals surface area contributed by atoms with Crippen LogP contribution in [-0.4, -0.2) is 30.6 Å². The van der Waals surface area contributed by atoms with Crippen molar-refractivity contribution in [2.45, 2.75) is 19.3 Å². The standard InChI is InChI=1S/C13H14ClF2NO2/c14-9-3-1-2-4-10(9)17-7-5-13(6-8-17,11(15)16)12(18)19/h1-4,11H,5-8H2,(H,18,19). The zero-order valence-electron chi connectivity index (χ0n) is 10.2. The fourth-order valence-corrected chi connectivity index (χ4v) is 2.64. The third-order valence-corrected chi connectivity index (χ3v) is 4.01. The number of hydrogen-bond acceptors (Lipinski definition) is 2. The molecule has 1 heterocycles. The molecule has 0 atom stereocenters. The number of para-hydroxylation sites is 1. The van der Waals surface area contributed by atoms with Gasteiger partial charge in [0.2, 0.25) is 0 Å². The Kier molecular flexibility index (Phi) is 3.94.